The van der Waals surface area contributed by atoms with Gasteiger partial charge in [-0.1, -0.05) is 12.1 Å². The summed E-state index contributed by atoms with van der Waals surface area (Å²) in [6.07, 6.45) is 1.66. The van der Waals surface area contributed by atoms with Crippen LogP contribution in [0.1, 0.15) is 21.6 Å². The van der Waals surface area contributed by atoms with Gasteiger partial charge in [-0.25, -0.2) is 0 Å². The molecule has 1 aromatic heterocycles. The number of amides is 1. The Morgan fingerprint density at radius 1 is 1.28 bits per heavy atom. The summed E-state index contributed by atoms with van der Waals surface area (Å²) in [6, 6.07) is 8.97. The fraction of sp³-hybridized carbons (Fsp3) is 0.143. The Hall–Kier alpha value is -2.36. The molecule has 0 atom stereocenters. The molecule has 0 saturated heterocycles. The molecule has 0 bridgehead atoms. The molecule has 92 valence electrons. The summed E-state index contributed by atoms with van der Waals surface area (Å²) in [5.74, 6) is -0.207. The van der Waals surface area contributed by atoms with Gasteiger partial charge in [0, 0.05) is 23.3 Å². The largest absolute Gasteiger partial charge is 0.398 e. The average Bonchev–Trinajstić information content (AvgIpc) is 2.32. The van der Waals surface area contributed by atoms with Crippen LogP contribution in [0.25, 0.3) is 0 Å². The Labute approximate surface area is 106 Å². The lowest BCUT2D eigenvalue weighted by Crippen LogP contribution is -2.14. The molecule has 0 aliphatic rings. The number of nitrogens with two attached hydrogens (primary N) is 1. The third kappa shape index (κ3) is 2.48. The first-order valence-corrected chi connectivity index (χ1v) is 5.67. The molecule has 2 rings (SSSR count). The first kappa shape index (κ1) is 12.1. The second-order valence-corrected chi connectivity index (χ2v) is 4.18. The van der Waals surface area contributed by atoms with Gasteiger partial charge in [-0.15, -0.1) is 0 Å². The first-order valence-electron chi connectivity index (χ1n) is 5.67. The number of hydrogen-bond acceptors (Lipinski definition) is 3. The van der Waals surface area contributed by atoms with Gasteiger partial charge in [0.2, 0.25) is 0 Å². The average molecular weight is 241 g/mol. The van der Waals surface area contributed by atoms with E-state index in [0.29, 0.717) is 16.9 Å². The van der Waals surface area contributed by atoms with E-state index < -0.39 is 0 Å². The topological polar surface area (TPSA) is 68.0 Å². The number of anilines is 2. The number of aryl methyl sites for hydroxylation is 2. The van der Waals surface area contributed by atoms with Gasteiger partial charge in [-0.3, -0.25) is 9.78 Å². The summed E-state index contributed by atoms with van der Waals surface area (Å²) in [5.41, 5.74) is 9.36. The van der Waals surface area contributed by atoms with E-state index in [4.69, 9.17) is 5.73 Å². The van der Waals surface area contributed by atoms with Crippen molar-refractivity contribution in [1.82, 2.24) is 4.98 Å². The van der Waals surface area contributed by atoms with Gasteiger partial charge in [0.1, 0.15) is 0 Å². The van der Waals surface area contributed by atoms with E-state index in [2.05, 4.69) is 10.3 Å². The highest BCUT2D eigenvalue weighted by Crippen LogP contribution is 2.18. The summed E-state index contributed by atoms with van der Waals surface area (Å²) >= 11 is 0. The summed E-state index contributed by atoms with van der Waals surface area (Å²) in [4.78, 5) is 16.2. The molecule has 1 heterocycles. The number of pyridine rings is 1. The second kappa shape index (κ2) is 4.87. The molecule has 2 aromatic rings. The smallest absolute Gasteiger partial charge is 0.257 e. The zero-order chi connectivity index (χ0) is 13.1. The molecule has 4 nitrogen and oxygen atoms in total. The molecule has 0 aliphatic carbocycles. The number of rotatable bonds is 2. The minimum Gasteiger partial charge on any atom is -0.398 e. The summed E-state index contributed by atoms with van der Waals surface area (Å²) in [6.45, 7) is 3.75. The molecule has 0 radical (unpaired) electrons. The van der Waals surface area contributed by atoms with Crippen LogP contribution in [0.2, 0.25) is 0 Å². The maximum absolute atomic E-state index is 12.1. The Kier molecular flexibility index (Phi) is 3.28. The standard InChI is InChI=1S/C14H15N3O/c1-9-4-3-5-12(13(9)15)14(18)17-11-6-7-16-10(2)8-11/h3-8H,15H2,1-2H3,(H,16,17,18). The van der Waals surface area contributed by atoms with Crippen molar-refractivity contribution >= 4 is 17.3 Å². The van der Waals surface area contributed by atoms with Crippen LogP contribution in [0.5, 0.6) is 0 Å². The highest BCUT2D eigenvalue weighted by atomic mass is 16.1. The zero-order valence-electron chi connectivity index (χ0n) is 10.4. The van der Waals surface area contributed by atoms with Gasteiger partial charge >= 0.3 is 0 Å². The molecule has 0 unspecified atom stereocenters. The van der Waals surface area contributed by atoms with Gasteiger partial charge < -0.3 is 11.1 Å². The van der Waals surface area contributed by atoms with Gasteiger partial charge in [0.15, 0.2) is 0 Å². The third-order valence-corrected chi connectivity index (χ3v) is 2.72. The van der Waals surface area contributed by atoms with Gasteiger partial charge in [-0.05, 0) is 37.6 Å². The van der Waals surface area contributed by atoms with Gasteiger partial charge in [0.25, 0.3) is 5.91 Å². The third-order valence-electron chi connectivity index (χ3n) is 2.72. The number of carbonyl (C=O) groups excluding carboxylic acids is 1. The van der Waals surface area contributed by atoms with Crippen LogP contribution in [0, 0.1) is 13.8 Å². The van der Waals surface area contributed by atoms with E-state index in [9.17, 15) is 4.79 Å². The van der Waals surface area contributed by atoms with Crippen molar-refractivity contribution in [3.8, 4) is 0 Å². The summed E-state index contributed by atoms with van der Waals surface area (Å²) in [5, 5.41) is 2.81. The number of para-hydroxylation sites is 1. The molecule has 1 amide bonds. The van der Waals surface area contributed by atoms with Crippen molar-refractivity contribution in [1.29, 1.82) is 0 Å². The molecule has 0 spiro atoms. The van der Waals surface area contributed by atoms with Crippen LogP contribution >= 0.6 is 0 Å². The predicted octanol–water partition coefficient (Wildman–Crippen LogP) is 2.53. The molecular formula is C14H15N3O. The highest BCUT2D eigenvalue weighted by Gasteiger charge is 2.11. The monoisotopic (exact) mass is 241 g/mol. The minimum atomic E-state index is -0.207. The van der Waals surface area contributed by atoms with Crippen LogP contribution in [-0.4, -0.2) is 10.9 Å². The van der Waals surface area contributed by atoms with E-state index in [1.165, 1.54) is 0 Å². The Balaban J connectivity index is 2.25. The maximum atomic E-state index is 12.1. The fourth-order valence-electron chi connectivity index (χ4n) is 1.70. The van der Waals surface area contributed by atoms with E-state index in [1.54, 1.807) is 18.3 Å². The SMILES string of the molecule is Cc1cc(NC(=O)c2cccc(C)c2N)ccn1. The summed E-state index contributed by atoms with van der Waals surface area (Å²) < 4.78 is 0. The Bertz CT molecular complexity index is 593. The van der Waals surface area contributed by atoms with Crippen molar-refractivity contribution in [2.75, 3.05) is 11.1 Å². The lowest BCUT2D eigenvalue weighted by atomic mass is 10.1. The molecule has 0 fully saturated rings. The number of nitrogens with zero attached hydrogens (tertiary/aromatic N) is 1. The van der Waals surface area contributed by atoms with E-state index in [-0.39, 0.29) is 5.91 Å². The molecule has 0 saturated carbocycles. The van der Waals surface area contributed by atoms with E-state index >= 15 is 0 Å². The van der Waals surface area contributed by atoms with Crippen LogP contribution in [0.15, 0.2) is 36.5 Å². The van der Waals surface area contributed by atoms with Crippen LogP contribution in [0.4, 0.5) is 11.4 Å². The van der Waals surface area contributed by atoms with E-state index in [1.807, 2.05) is 32.0 Å². The molecule has 0 aliphatic heterocycles. The van der Waals surface area contributed by atoms with Crippen molar-refractivity contribution in [3.05, 3.63) is 53.3 Å². The van der Waals surface area contributed by atoms with Crippen molar-refractivity contribution in [2.45, 2.75) is 13.8 Å². The zero-order valence-corrected chi connectivity index (χ0v) is 10.4. The first-order chi connectivity index (χ1) is 8.58. The van der Waals surface area contributed by atoms with Crippen LogP contribution in [-0.2, 0) is 0 Å². The van der Waals surface area contributed by atoms with Crippen LogP contribution in [0.3, 0.4) is 0 Å². The Morgan fingerprint density at radius 2 is 2.06 bits per heavy atom. The quantitative estimate of drug-likeness (QED) is 0.794. The number of nitrogen functional groups attached to an aromatic ring is 1. The predicted molar refractivity (Wildman–Crippen MR) is 72.5 cm³/mol. The molecule has 3 N–H and O–H groups in total. The lowest BCUT2D eigenvalue weighted by Gasteiger charge is -2.09. The molecule has 1 aromatic carbocycles. The van der Waals surface area contributed by atoms with Crippen LogP contribution < -0.4 is 11.1 Å². The lowest BCUT2D eigenvalue weighted by molar-refractivity contribution is 0.102. The number of hydrogen-bond donors (Lipinski definition) is 2. The van der Waals surface area contributed by atoms with Crippen molar-refractivity contribution in [2.24, 2.45) is 0 Å². The number of benzene rings is 1. The number of nitrogens with one attached hydrogen (secondary N) is 1. The number of carbonyl (C=O) groups is 1. The molecule has 18 heavy (non-hydrogen) atoms. The maximum Gasteiger partial charge on any atom is 0.257 e. The second-order valence-electron chi connectivity index (χ2n) is 4.18. The van der Waals surface area contributed by atoms with Gasteiger partial charge in [-0.2, -0.15) is 0 Å². The minimum absolute atomic E-state index is 0.207. The fourth-order valence-corrected chi connectivity index (χ4v) is 1.70. The highest BCUT2D eigenvalue weighted by molar-refractivity contribution is 6.08. The van der Waals surface area contributed by atoms with Crippen molar-refractivity contribution < 1.29 is 4.79 Å². The Morgan fingerprint density at radius 3 is 2.78 bits per heavy atom. The van der Waals surface area contributed by atoms with Crippen molar-refractivity contribution in [3.63, 3.8) is 0 Å². The van der Waals surface area contributed by atoms with Gasteiger partial charge in [0.05, 0.1) is 5.56 Å². The summed E-state index contributed by atoms with van der Waals surface area (Å²) in [7, 11) is 0. The normalized spacial score (nSPS) is 10.1. The molecular weight excluding hydrogens is 226 g/mol. The van der Waals surface area contributed by atoms with E-state index in [0.717, 1.165) is 11.3 Å². The molecule has 4 heteroatoms. The number of aromatic nitrogens is 1.